The normalized spacial score (nSPS) is 10.7. The molecule has 1 aromatic carbocycles. The second-order valence-electron chi connectivity index (χ2n) is 4.03. The number of nitrogens with two attached hydrogens (primary N) is 1. The van der Waals surface area contributed by atoms with E-state index in [0.717, 1.165) is 4.47 Å². The molecule has 2 heterocycles. The van der Waals surface area contributed by atoms with E-state index in [4.69, 9.17) is 21.9 Å². The van der Waals surface area contributed by atoms with Crippen molar-refractivity contribution in [3.63, 3.8) is 0 Å². The van der Waals surface area contributed by atoms with Crippen LogP contribution in [-0.2, 0) is 0 Å². The van der Waals surface area contributed by atoms with E-state index in [1.54, 1.807) is 24.4 Å². The average molecular weight is 352 g/mol. The monoisotopic (exact) mass is 350 g/mol. The fourth-order valence-corrected chi connectivity index (χ4v) is 2.40. The number of halogens is 2. The topological polar surface area (TPSA) is 77.8 Å². The lowest BCUT2D eigenvalue weighted by atomic mass is 10.2. The number of hydrogen-bond acceptors (Lipinski definition) is 5. The minimum absolute atomic E-state index is 0.340. The van der Waals surface area contributed by atoms with Gasteiger partial charge in [0.2, 0.25) is 5.82 Å². The van der Waals surface area contributed by atoms with Crippen LogP contribution in [0, 0.1) is 0 Å². The SMILES string of the molecule is Nc1cc(Cl)cc(-c2nc(-c3ncccc3Br)no2)c1. The third-order valence-electron chi connectivity index (χ3n) is 2.56. The Bertz CT molecular complexity index is 754. The van der Waals surface area contributed by atoms with Crippen LogP contribution in [0.25, 0.3) is 23.0 Å². The van der Waals surface area contributed by atoms with Crippen molar-refractivity contribution >= 4 is 33.2 Å². The quantitative estimate of drug-likeness (QED) is 0.711. The van der Waals surface area contributed by atoms with Gasteiger partial charge in [-0.15, -0.1) is 0 Å². The molecular formula is C13H8BrClN4O. The zero-order chi connectivity index (χ0) is 14.1. The van der Waals surface area contributed by atoms with E-state index in [-0.39, 0.29) is 0 Å². The van der Waals surface area contributed by atoms with E-state index in [2.05, 4.69) is 31.1 Å². The van der Waals surface area contributed by atoms with Gasteiger partial charge in [0.25, 0.3) is 5.89 Å². The highest BCUT2D eigenvalue weighted by Gasteiger charge is 2.14. The minimum atomic E-state index is 0.340. The maximum absolute atomic E-state index is 5.96. The zero-order valence-corrected chi connectivity index (χ0v) is 12.4. The number of benzene rings is 1. The molecule has 0 saturated heterocycles. The summed E-state index contributed by atoms with van der Waals surface area (Å²) in [5, 5.41) is 4.43. The van der Waals surface area contributed by atoms with E-state index >= 15 is 0 Å². The lowest BCUT2D eigenvalue weighted by Crippen LogP contribution is -1.88. The van der Waals surface area contributed by atoms with Crippen molar-refractivity contribution in [1.29, 1.82) is 0 Å². The Hall–Kier alpha value is -1.92. The van der Waals surface area contributed by atoms with Gasteiger partial charge < -0.3 is 10.3 Å². The molecule has 0 amide bonds. The van der Waals surface area contributed by atoms with Crippen LogP contribution in [-0.4, -0.2) is 15.1 Å². The van der Waals surface area contributed by atoms with Crippen molar-refractivity contribution in [2.24, 2.45) is 0 Å². The van der Waals surface area contributed by atoms with Gasteiger partial charge in [-0.1, -0.05) is 16.8 Å². The first-order valence-electron chi connectivity index (χ1n) is 5.64. The summed E-state index contributed by atoms with van der Waals surface area (Å²) in [6.07, 6.45) is 1.66. The highest BCUT2D eigenvalue weighted by Crippen LogP contribution is 2.28. The summed E-state index contributed by atoms with van der Waals surface area (Å²) in [6, 6.07) is 8.75. The number of rotatable bonds is 2. The number of nitrogens with zero attached hydrogens (tertiary/aromatic N) is 3. The van der Waals surface area contributed by atoms with E-state index < -0.39 is 0 Å². The van der Waals surface area contributed by atoms with Crippen LogP contribution in [0.3, 0.4) is 0 Å². The molecule has 0 bridgehead atoms. The molecule has 100 valence electrons. The summed E-state index contributed by atoms with van der Waals surface area (Å²) in [7, 11) is 0. The Morgan fingerprint density at radius 2 is 2.10 bits per heavy atom. The highest BCUT2D eigenvalue weighted by atomic mass is 79.9. The van der Waals surface area contributed by atoms with Gasteiger partial charge in [0.1, 0.15) is 5.69 Å². The summed E-state index contributed by atoms with van der Waals surface area (Å²) >= 11 is 9.36. The molecule has 0 unspecified atom stereocenters. The fourth-order valence-electron chi connectivity index (χ4n) is 1.72. The Labute approximate surface area is 127 Å². The van der Waals surface area contributed by atoms with Crippen molar-refractivity contribution < 1.29 is 4.52 Å². The standard InChI is InChI=1S/C13H8BrClN4O/c14-10-2-1-3-17-11(10)12-18-13(20-19-12)7-4-8(15)6-9(16)5-7/h1-6H,16H2. The molecule has 0 fully saturated rings. The third-order valence-corrected chi connectivity index (χ3v) is 3.42. The molecular weight excluding hydrogens is 344 g/mol. The number of aromatic nitrogens is 3. The van der Waals surface area contributed by atoms with E-state index in [1.165, 1.54) is 0 Å². The van der Waals surface area contributed by atoms with E-state index in [9.17, 15) is 0 Å². The molecule has 3 aromatic rings. The predicted octanol–water partition coefficient (Wildman–Crippen LogP) is 3.80. The predicted molar refractivity (Wildman–Crippen MR) is 80.1 cm³/mol. The van der Waals surface area contributed by atoms with E-state index in [0.29, 0.717) is 33.7 Å². The second-order valence-corrected chi connectivity index (χ2v) is 5.32. The van der Waals surface area contributed by atoms with Crippen LogP contribution >= 0.6 is 27.5 Å². The molecule has 2 aromatic heterocycles. The van der Waals surface area contributed by atoms with Crippen molar-refractivity contribution in [1.82, 2.24) is 15.1 Å². The molecule has 0 radical (unpaired) electrons. The van der Waals surface area contributed by atoms with Gasteiger partial charge in [-0.3, -0.25) is 4.98 Å². The van der Waals surface area contributed by atoms with Gasteiger partial charge >= 0.3 is 0 Å². The van der Waals surface area contributed by atoms with Crippen LogP contribution in [0.15, 0.2) is 45.5 Å². The summed E-state index contributed by atoms with van der Waals surface area (Å²) in [6.45, 7) is 0. The Kier molecular flexibility index (Phi) is 3.42. The van der Waals surface area contributed by atoms with Gasteiger partial charge in [-0.25, -0.2) is 0 Å². The minimum Gasteiger partial charge on any atom is -0.399 e. The van der Waals surface area contributed by atoms with Crippen LogP contribution < -0.4 is 5.73 Å². The Morgan fingerprint density at radius 3 is 2.85 bits per heavy atom. The molecule has 2 N–H and O–H groups in total. The summed E-state index contributed by atoms with van der Waals surface area (Å²) in [5.74, 6) is 0.734. The summed E-state index contributed by atoms with van der Waals surface area (Å²) in [5.41, 5.74) is 7.55. The first kappa shape index (κ1) is 13.1. The molecule has 3 rings (SSSR count). The van der Waals surface area contributed by atoms with Gasteiger partial charge in [0.05, 0.1) is 0 Å². The Morgan fingerprint density at radius 1 is 1.25 bits per heavy atom. The average Bonchev–Trinajstić information content (AvgIpc) is 2.87. The van der Waals surface area contributed by atoms with Gasteiger partial charge in [-0.2, -0.15) is 4.98 Å². The molecule has 20 heavy (non-hydrogen) atoms. The number of pyridine rings is 1. The van der Waals surface area contributed by atoms with Crippen LogP contribution in [0.4, 0.5) is 5.69 Å². The molecule has 0 spiro atoms. The molecule has 0 aliphatic rings. The lowest BCUT2D eigenvalue weighted by Gasteiger charge is -1.98. The molecule has 0 aliphatic carbocycles. The van der Waals surface area contributed by atoms with Gasteiger partial charge in [0.15, 0.2) is 0 Å². The zero-order valence-electron chi connectivity index (χ0n) is 10.0. The molecule has 0 aliphatic heterocycles. The second kappa shape index (κ2) is 5.22. The van der Waals surface area contributed by atoms with Crippen LogP contribution in [0.5, 0.6) is 0 Å². The van der Waals surface area contributed by atoms with Crippen molar-refractivity contribution in [3.8, 4) is 23.0 Å². The first-order chi connectivity index (χ1) is 9.63. The van der Waals surface area contributed by atoms with Crippen LogP contribution in [0.2, 0.25) is 5.02 Å². The molecule has 7 heteroatoms. The lowest BCUT2D eigenvalue weighted by molar-refractivity contribution is 0.432. The van der Waals surface area contributed by atoms with Gasteiger partial charge in [-0.05, 0) is 46.3 Å². The maximum Gasteiger partial charge on any atom is 0.258 e. The molecule has 5 nitrogen and oxygen atoms in total. The maximum atomic E-state index is 5.96. The van der Waals surface area contributed by atoms with Crippen molar-refractivity contribution in [2.45, 2.75) is 0 Å². The first-order valence-corrected chi connectivity index (χ1v) is 6.81. The van der Waals surface area contributed by atoms with Crippen LogP contribution in [0.1, 0.15) is 0 Å². The number of nitrogen functional groups attached to an aromatic ring is 1. The summed E-state index contributed by atoms with van der Waals surface area (Å²) < 4.78 is 6.02. The van der Waals surface area contributed by atoms with Gasteiger partial charge in [0, 0.05) is 26.9 Å². The van der Waals surface area contributed by atoms with Crippen molar-refractivity contribution in [2.75, 3.05) is 5.73 Å². The summed E-state index contributed by atoms with van der Waals surface area (Å²) in [4.78, 5) is 8.52. The van der Waals surface area contributed by atoms with Crippen molar-refractivity contribution in [3.05, 3.63) is 46.0 Å². The molecule has 0 atom stereocenters. The fraction of sp³-hybridized carbons (Fsp3) is 0. The largest absolute Gasteiger partial charge is 0.399 e. The number of anilines is 1. The van der Waals surface area contributed by atoms with E-state index in [1.807, 2.05) is 12.1 Å². The highest BCUT2D eigenvalue weighted by molar-refractivity contribution is 9.10. The molecule has 0 saturated carbocycles. The smallest absolute Gasteiger partial charge is 0.258 e. The third kappa shape index (κ3) is 2.52. The Balaban J connectivity index is 2.04. The number of hydrogen-bond donors (Lipinski definition) is 1.